The van der Waals surface area contributed by atoms with Crippen molar-refractivity contribution in [2.45, 2.75) is 83.3 Å². The average molecular weight is 1150 g/mol. The summed E-state index contributed by atoms with van der Waals surface area (Å²) < 4.78 is 49.4. The summed E-state index contributed by atoms with van der Waals surface area (Å²) in [5, 5.41) is 24.7. The van der Waals surface area contributed by atoms with E-state index in [0.29, 0.717) is 71.5 Å². The molecule has 0 bridgehead atoms. The van der Waals surface area contributed by atoms with Crippen molar-refractivity contribution in [1.29, 1.82) is 0 Å². The lowest BCUT2D eigenvalue weighted by Crippen LogP contribution is -2.55. The zero-order valence-corrected chi connectivity index (χ0v) is 47.9. The third kappa shape index (κ3) is 13.8. The number of amides is 4. The second-order valence-electron chi connectivity index (χ2n) is 20.8. The molecular weight excluding hydrogens is 1080 g/mol. The van der Waals surface area contributed by atoms with Crippen molar-refractivity contribution >= 4 is 80.0 Å². The molecule has 0 radical (unpaired) electrons. The van der Waals surface area contributed by atoms with Gasteiger partial charge in [-0.05, 0) is 81.3 Å². The molecule has 2 aromatic heterocycles. The number of nitrogens with one attached hydrogen (secondary N) is 3. The lowest BCUT2D eigenvalue weighted by molar-refractivity contribution is -0.139. The van der Waals surface area contributed by atoms with Crippen LogP contribution in [0.3, 0.4) is 0 Å². The Labute approximate surface area is 479 Å². The Kier molecular flexibility index (Phi) is 19.9. The van der Waals surface area contributed by atoms with Gasteiger partial charge in [0.15, 0.2) is 5.82 Å². The Hall–Kier alpha value is -6.78. The van der Waals surface area contributed by atoms with Crippen LogP contribution in [-0.4, -0.2) is 163 Å². The van der Waals surface area contributed by atoms with Crippen molar-refractivity contribution in [2.24, 2.45) is 5.92 Å². The first-order valence-corrected chi connectivity index (χ1v) is 29.2. The fourth-order valence-corrected chi connectivity index (χ4v) is 12.2. The molecule has 1 saturated carbocycles. The summed E-state index contributed by atoms with van der Waals surface area (Å²) in [6.07, 6.45) is 6.89. The normalized spacial score (nSPS) is 16.7. The highest BCUT2D eigenvalue weighted by molar-refractivity contribution is 7.10. The highest BCUT2D eigenvalue weighted by atomic mass is 35.5. The summed E-state index contributed by atoms with van der Waals surface area (Å²) in [5.41, 5.74) is 0.897. The van der Waals surface area contributed by atoms with Crippen LogP contribution < -0.4 is 25.6 Å². The predicted octanol–water partition coefficient (Wildman–Crippen LogP) is 8.59. The number of fused-ring (bicyclic) bond motifs is 2. The maximum Gasteiger partial charge on any atom is 0.246 e. The quantitative estimate of drug-likeness (QED) is 0.0444. The van der Waals surface area contributed by atoms with E-state index in [1.54, 1.807) is 35.2 Å². The number of anilines is 2. The van der Waals surface area contributed by atoms with Gasteiger partial charge < -0.3 is 54.9 Å². The number of carbonyl (C=O) groups excluding carboxylic acids is 4. The number of thiazole rings is 1. The minimum atomic E-state index is -0.951. The number of halogens is 3. The number of ether oxygens (including phenoxy) is 3. The maximum absolute atomic E-state index is 16.5. The average Bonchev–Trinajstić information content (AvgIpc) is 4.31. The summed E-state index contributed by atoms with van der Waals surface area (Å²) in [6, 6.07) is 16.0. The van der Waals surface area contributed by atoms with E-state index >= 15 is 8.78 Å². The number of likely N-dealkylation sites (tertiary alicyclic amines) is 1. The molecule has 18 nitrogen and oxygen atoms in total. The van der Waals surface area contributed by atoms with Crippen molar-refractivity contribution in [3.8, 4) is 33.9 Å². The van der Waals surface area contributed by atoms with E-state index in [0.717, 1.165) is 83.8 Å². The van der Waals surface area contributed by atoms with Gasteiger partial charge in [0.2, 0.25) is 29.6 Å². The third-order valence-corrected chi connectivity index (χ3v) is 16.9. The van der Waals surface area contributed by atoms with Crippen LogP contribution in [0.5, 0.6) is 11.5 Å². The number of phenolic OH excluding ortho intramolecular Hbond substituents is 1. The van der Waals surface area contributed by atoms with Crippen molar-refractivity contribution in [1.82, 2.24) is 40.3 Å². The molecule has 22 heteroatoms. The predicted molar refractivity (Wildman–Crippen MR) is 310 cm³/mol. The van der Waals surface area contributed by atoms with Crippen LogP contribution in [0, 0.1) is 17.6 Å². The zero-order valence-electron chi connectivity index (χ0n) is 46.3. The molecule has 9 rings (SSSR count). The van der Waals surface area contributed by atoms with Gasteiger partial charge in [0, 0.05) is 93.5 Å². The smallest absolute Gasteiger partial charge is 0.246 e. The van der Waals surface area contributed by atoms with E-state index in [9.17, 15) is 24.3 Å². The van der Waals surface area contributed by atoms with Gasteiger partial charge in [0.1, 0.15) is 46.3 Å². The topological polar surface area (TPSA) is 204 Å². The molecule has 81 heavy (non-hydrogen) atoms. The molecule has 2 saturated heterocycles. The van der Waals surface area contributed by atoms with Crippen LogP contribution >= 0.6 is 22.9 Å². The number of hydrogen-bond acceptors (Lipinski definition) is 15. The summed E-state index contributed by atoms with van der Waals surface area (Å²) >= 11 is 8.16. The lowest BCUT2D eigenvalue weighted by atomic mass is 9.83. The van der Waals surface area contributed by atoms with Crippen LogP contribution in [0.1, 0.15) is 76.3 Å². The van der Waals surface area contributed by atoms with Crippen LogP contribution in [0.25, 0.3) is 44.1 Å². The number of benzene rings is 4. The highest BCUT2D eigenvalue weighted by Crippen LogP contribution is 2.44. The molecule has 4 N–H and O–H groups in total. The van der Waals surface area contributed by atoms with E-state index in [1.165, 1.54) is 25.1 Å². The number of hydrogen-bond donors (Lipinski definition) is 4. The van der Waals surface area contributed by atoms with Crippen LogP contribution in [0.15, 0.2) is 66.0 Å². The van der Waals surface area contributed by atoms with Crippen LogP contribution in [-0.2, 0) is 28.7 Å². The summed E-state index contributed by atoms with van der Waals surface area (Å²) in [5.74, 6) is -1.51. The molecule has 4 amide bonds. The van der Waals surface area contributed by atoms with Gasteiger partial charge in [-0.25, -0.2) is 18.7 Å². The van der Waals surface area contributed by atoms with Crippen molar-refractivity contribution in [3.05, 3.63) is 87.7 Å². The second kappa shape index (κ2) is 27.3. The minimum absolute atomic E-state index is 0.00910. The lowest BCUT2D eigenvalue weighted by Gasteiger charge is -2.35. The maximum atomic E-state index is 16.5. The Balaban J connectivity index is 0.729. The number of likely N-dealkylation sites (N-methyl/N-ethyl adjacent to an activating group) is 2. The standard InChI is InChI=1S/C59H71ClF2N10O8S/c1-36(63-3)56(76)66-53(38-12-6-5-7-13-38)58(77)72-23-11-17-46(72)57-65-45(35-81-57)40-19-20-48(41-15-9-8-14-39(40)41)80-33-32-79-31-30-78-29-28-69(4)49(75)21-22-64-59-67-54-42(55(68-59)71-26-24-70(25-27-71)37(2)73)34-43(60)50(52(54)62)51-44(61)16-10-18-47(51)74/h8-10,14-16,18-20,34-36,38,46,53,63,74H,5-7,11-13,17,21-33H2,1-4H3,(H,66,76)(H,64,67,68)/t36-,46-,53-/m0/s1. The second-order valence-corrected chi connectivity index (χ2v) is 22.1. The van der Waals surface area contributed by atoms with Gasteiger partial charge in [-0.15, -0.1) is 11.3 Å². The van der Waals surface area contributed by atoms with Crippen molar-refractivity contribution in [2.75, 3.05) is 103 Å². The first-order valence-electron chi connectivity index (χ1n) is 27.9. The number of piperazine rings is 1. The Morgan fingerprint density at radius 2 is 1.59 bits per heavy atom. The van der Waals surface area contributed by atoms with E-state index < -0.39 is 35.0 Å². The van der Waals surface area contributed by atoms with Gasteiger partial charge in [0.25, 0.3) is 0 Å². The molecule has 6 aromatic rings. The summed E-state index contributed by atoms with van der Waals surface area (Å²) in [7, 11) is 3.42. The number of nitrogens with zero attached hydrogens (tertiary/aromatic N) is 7. The zero-order chi connectivity index (χ0) is 57.2. The molecule has 0 unspecified atom stereocenters. The molecule has 2 aliphatic heterocycles. The van der Waals surface area contributed by atoms with Crippen LogP contribution in [0.4, 0.5) is 20.5 Å². The van der Waals surface area contributed by atoms with E-state index in [4.69, 9.17) is 35.8 Å². The van der Waals surface area contributed by atoms with Crippen molar-refractivity contribution in [3.63, 3.8) is 0 Å². The summed E-state index contributed by atoms with van der Waals surface area (Å²) in [4.78, 5) is 74.1. The van der Waals surface area contributed by atoms with Gasteiger partial charge >= 0.3 is 0 Å². The van der Waals surface area contributed by atoms with Gasteiger partial charge in [-0.1, -0.05) is 61.2 Å². The minimum Gasteiger partial charge on any atom is -0.507 e. The van der Waals surface area contributed by atoms with E-state index in [-0.39, 0.29) is 82.6 Å². The molecule has 4 heterocycles. The van der Waals surface area contributed by atoms with E-state index in [1.807, 2.05) is 47.1 Å². The molecule has 1 aliphatic carbocycles. The first-order chi connectivity index (χ1) is 39.2. The molecular formula is C59H71ClF2N10O8S. The van der Waals surface area contributed by atoms with Crippen molar-refractivity contribution < 1.29 is 47.3 Å². The molecule has 3 aliphatic rings. The molecule has 3 fully saturated rings. The number of phenols is 1. The number of aromatic hydroxyl groups is 1. The molecule has 4 aromatic carbocycles. The fraction of sp³-hybridized carbons (Fsp3) is 0.475. The van der Waals surface area contributed by atoms with E-state index in [2.05, 4.69) is 32.4 Å². The largest absolute Gasteiger partial charge is 0.507 e. The monoisotopic (exact) mass is 1150 g/mol. The number of carbonyl (C=O) groups is 4. The van der Waals surface area contributed by atoms with Gasteiger partial charge in [-0.2, -0.15) is 4.98 Å². The third-order valence-electron chi connectivity index (χ3n) is 15.6. The van der Waals surface area contributed by atoms with Crippen LogP contribution in [0.2, 0.25) is 5.02 Å². The number of aromatic nitrogens is 3. The first kappa shape index (κ1) is 58.9. The number of rotatable bonds is 23. The fourth-order valence-electron chi connectivity index (χ4n) is 11.0. The summed E-state index contributed by atoms with van der Waals surface area (Å²) in [6.45, 7) is 7.54. The van der Waals surface area contributed by atoms with Gasteiger partial charge in [-0.3, -0.25) is 19.2 Å². The Morgan fingerprint density at radius 1 is 0.852 bits per heavy atom. The molecule has 3 atom stereocenters. The Morgan fingerprint density at radius 3 is 2.33 bits per heavy atom. The molecule has 432 valence electrons. The SMILES string of the molecule is CN[C@@H](C)C(=O)N[C@H](C(=O)N1CCC[C@H]1c1nc(-c2ccc(OCCOCCOCCN(C)C(=O)CCNc3nc(N4CCN(C(C)=O)CC4)c4cc(Cl)c(-c5c(O)cccc5F)c(F)c4n3)c3ccccc23)cs1)C1CCCCC1. The molecule has 0 spiro atoms. The van der Waals surface area contributed by atoms with Gasteiger partial charge in [0.05, 0.1) is 54.8 Å². The Bertz CT molecular complexity index is 3190. The highest BCUT2D eigenvalue weighted by Gasteiger charge is 2.40.